The van der Waals surface area contributed by atoms with Gasteiger partial charge in [-0.15, -0.1) is 12.4 Å². The fraction of sp³-hybridized carbons (Fsp3) is 0.556. The van der Waals surface area contributed by atoms with Gasteiger partial charge in [0, 0.05) is 19.1 Å². The summed E-state index contributed by atoms with van der Waals surface area (Å²) in [5.74, 6) is 0.225. The highest BCUT2D eigenvalue weighted by Gasteiger charge is 2.42. The monoisotopic (exact) mass is 368 g/mol. The average Bonchev–Trinajstić information content (AvgIpc) is 3.04. The van der Waals surface area contributed by atoms with Crippen molar-refractivity contribution in [3.8, 4) is 0 Å². The van der Waals surface area contributed by atoms with E-state index in [1.165, 1.54) is 0 Å². The van der Waals surface area contributed by atoms with Gasteiger partial charge in [0.2, 0.25) is 0 Å². The molecular weight excluding hydrogens is 344 g/mol. The highest BCUT2D eigenvalue weighted by molar-refractivity contribution is 5.85. The minimum absolute atomic E-state index is 0. The molecule has 1 aromatic rings. The SMILES string of the molecule is CCOC(=O)C1CC2CCN(C(=O)OCc3ccccc3)C[C@@H]2N1.Cl. The Balaban J connectivity index is 0.00000225. The largest absolute Gasteiger partial charge is 0.465 e. The first-order valence-electron chi connectivity index (χ1n) is 8.55. The van der Waals surface area contributed by atoms with Gasteiger partial charge in [-0.05, 0) is 31.2 Å². The number of piperidine rings is 1. The smallest absolute Gasteiger partial charge is 0.410 e. The first-order chi connectivity index (χ1) is 11.7. The second kappa shape index (κ2) is 9.06. The molecule has 6 nitrogen and oxygen atoms in total. The molecule has 0 saturated carbocycles. The molecule has 2 heterocycles. The molecule has 0 aliphatic carbocycles. The number of ether oxygens (including phenoxy) is 2. The number of carbonyl (C=O) groups excluding carboxylic acids is 2. The lowest BCUT2D eigenvalue weighted by atomic mass is 9.91. The Hall–Kier alpha value is -1.79. The van der Waals surface area contributed by atoms with Gasteiger partial charge < -0.3 is 14.4 Å². The number of likely N-dealkylation sites (tertiary alicyclic amines) is 1. The molecular formula is C18H25ClN2O4. The maximum Gasteiger partial charge on any atom is 0.410 e. The number of fused-ring (bicyclic) bond motifs is 1. The number of nitrogens with zero attached hydrogens (tertiary/aromatic N) is 1. The van der Waals surface area contributed by atoms with Crippen molar-refractivity contribution in [1.82, 2.24) is 10.2 Å². The molecule has 7 heteroatoms. The zero-order chi connectivity index (χ0) is 16.9. The second-order valence-electron chi connectivity index (χ2n) is 6.35. The van der Waals surface area contributed by atoms with Gasteiger partial charge in [0.25, 0.3) is 0 Å². The standard InChI is InChI=1S/C18H24N2O4.ClH/c1-2-23-17(21)15-10-14-8-9-20(11-16(14)19-15)18(22)24-12-13-6-4-3-5-7-13;/h3-7,14-16,19H,2,8-12H2,1H3;1H/t14?,15?,16-;/m0./s1. The number of halogens is 1. The van der Waals surface area contributed by atoms with Gasteiger partial charge in [-0.25, -0.2) is 4.79 Å². The van der Waals surface area contributed by atoms with Gasteiger partial charge in [0.1, 0.15) is 12.6 Å². The van der Waals surface area contributed by atoms with Crippen molar-refractivity contribution in [2.75, 3.05) is 19.7 Å². The molecule has 0 radical (unpaired) electrons. The third-order valence-electron chi connectivity index (χ3n) is 4.74. The molecule has 138 valence electrons. The average molecular weight is 369 g/mol. The molecule has 0 bridgehead atoms. The van der Waals surface area contributed by atoms with E-state index < -0.39 is 0 Å². The number of hydrogen-bond acceptors (Lipinski definition) is 5. The zero-order valence-electron chi connectivity index (χ0n) is 14.3. The summed E-state index contributed by atoms with van der Waals surface area (Å²) in [6.45, 7) is 3.73. The van der Waals surface area contributed by atoms with Crippen molar-refractivity contribution in [1.29, 1.82) is 0 Å². The Morgan fingerprint density at radius 1 is 1.24 bits per heavy atom. The Morgan fingerprint density at radius 3 is 2.72 bits per heavy atom. The number of benzene rings is 1. The predicted molar refractivity (Wildman–Crippen MR) is 95.5 cm³/mol. The lowest BCUT2D eigenvalue weighted by molar-refractivity contribution is -0.145. The summed E-state index contributed by atoms with van der Waals surface area (Å²) in [5, 5.41) is 3.31. The van der Waals surface area contributed by atoms with Crippen molar-refractivity contribution in [2.45, 2.75) is 38.5 Å². The summed E-state index contributed by atoms with van der Waals surface area (Å²) in [6.07, 6.45) is 1.38. The Kier molecular flexibility index (Phi) is 7.08. The van der Waals surface area contributed by atoms with E-state index in [1.807, 2.05) is 37.3 Å². The summed E-state index contributed by atoms with van der Waals surface area (Å²) in [5.41, 5.74) is 0.974. The minimum atomic E-state index is -0.293. The number of amides is 1. The quantitative estimate of drug-likeness (QED) is 0.826. The summed E-state index contributed by atoms with van der Waals surface area (Å²) >= 11 is 0. The van der Waals surface area contributed by atoms with Gasteiger partial charge in [0.05, 0.1) is 6.61 Å². The molecule has 0 aromatic heterocycles. The normalized spacial score (nSPS) is 24.8. The van der Waals surface area contributed by atoms with Crippen LogP contribution in [0.25, 0.3) is 0 Å². The van der Waals surface area contributed by atoms with Crippen LogP contribution in [0.2, 0.25) is 0 Å². The molecule has 1 amide bonds. The van der Waals surface area contributed by atoms with Gasteiger partial charge in [-0.3, -0.25) is 10.1 Å². The van der Waals surface area contributed by atoms with Crippen molar-refractivity contribution in [3.63, 3.8) is 0 Å². The van der Waals surface area contributed by atoms with Crippen LogP contribution in [0.3, 0.4) is 0 Å². The van der Waals surface area contributed by atoms with Crippen LogP contribution < -0.4 is 5.32 Å². The fourth-order valence-corrected chi connectivity index (χ4v) is 3.48. The predicted octanol–water partition coefficient (Wildman–Crippen LogP) is 2.36. The minimum Gasteiger partial charge on any atom is -0.465 e. The molecule has 0 spiro atoms. The van der Waals surface area contributed by atoms with Gasteiger partial charge in [0.15, 0.2) is 0 Å². The summed E-state index contributed by atoms with van der Waals surface area (Å²) < 4.78 is 10.5. The molecule has 2 aliphatic heterocycles. The van der Waals surface area contributed by atoms with Crippen LogP contribution in [0, 0.1) is 5.92 Å². The molecule has 2 unspecified atom stereocenters. The molecule has 25 heavy (non-hydrogen) atoms. The summed E-state index contributed by atoms with van der Waals surface area (Å²) in [4.78, 5) is 25.9. The van der Waals surface area contributed by atoms with E-state index >= 15 is 0 Å². The first-order valence-corrected chi connectivity index (χ1v) is 8.55. The third-order valence-corrected chi connectivity index (χ3v) is 4.74. The highest BCUT2D eigenvalue weighted by Crippen LogP contribution is 2.29. The van der Waals surface area contributed by atoms with Crippen LogP contribution in [-0.4, -0.2) is 48.7 Å². The molecule has 2 aliphatic rings. The van der Waals surface area contributed by atoms with Crippen LogP contribution >= 0.6 is 12.4 Å². The number of esters is 1. The van der Waals surface area contributed by atoms with E-state index in [0.29, 0.717) is 25.6 Å². The van der Waals surface area contributed by atoms with Crippen LogP contribution in [-0.2, 0) is 20.9 Å². The molecule has 1 N–H and O–H groups in total. The summed E-state index contributed by atoms with van der Waals surface area (Å²) in [7, 11) is 0. The van der Waals surface area contributed by atoms with Crippen LogP contribution in [0.4, 0.5) is 4.79 Å². The van der Waals surface area contributed by atoms with Crippen molar-refractivity contribution in [3.05, 3.63) is 35.9 Å². The van der Waals surface area contributed by atoms with E-state index in [1.54, 1.807) is 4.90 Å². The highest BCUT2D eigenvalue weighted by atomic mass is 35.5. The van der Waals surface area contributed by atoms with Gasteiger partial charge in [-0.1, -0.05) is 30.3 Å². The Morgan fingerprint density at radius 2 is 2.00 bits per heavy atom. The molecule has 2 saturated heterocycles. The topological polar surface area (TPSA) is 67.9 Å². The zero-order valence-corrected chi connectivity index (χ0v) is 15.2. The van der Waals surface area contributed by atoms with Crippen molar-refractivity contribution in [2.24, 2.45) is 5.92 Å². The Labute approximate surface area is 154 Å². The number of rotatable bonds is 4. The lowest BCUT2D eigenvalue weighted by Gasteiger charge is -2.34. The van der Waals surface area contributed by atoms with Crippen LogP contribution in [0.1, 0.15) is 25.3 Å². The maximum absolute atomic E-state index is 12.3. The first kappa shape index (κ1) is 19.5. The van der Waals surface area contributed by atoms with Crippen LogP contribution in [0.5, 0.6) is 0 Å². The van der Waals surface area contributed by atoms with E-state index in [0.717, 1.165) is 18.4 Å². The van der Waals surface area contributed by atoms with E-state index in [2.05, 4.69) is 5.32 Å². The molecule has 2 fully saturated rings. The van der Waals surface area contributed by atoms with Crippen molar-refractivity contribution < 1.29 is 19.1 Å². The van der Waals surface area contributed by atoms with Crippen LogP contribution in [0.15, 0.2) is 30.3 Å². The number of nitrogens with one attached hydrogen (secondary N) is 1. The number of carbonyl (C=O) groups is 2. The maximum atomic E-state index is 12.3. The second-order valence-corrected chi connectivity index (χ2v) is 6.35. The lowest BCUT2D eigenvalue weighted by Crippen LogP contribution is -2.50. The fourth-order valence-electron chi connectivity index (χ4n) is 3.48. The van der Waals surface area contributed by atoms with E-state index in [9.17, 15) is 9.59 Å². The molecule has 3 atom stereocenters. The Bertz CT molecular complexity index is 584. The molecule has 1 aromatic carbocycles. The van der Waals surface area contributed by atoms with Gasteiger partial charge in [-0.2, -0.15) is 0 Å². The molecule has 3 rings (SSSR count). The third kappa shape index (κ3) is 4.86. The van der Waals surface area contributed by atoms with E-state index in [-0.39, 0.29) is 43.2 Å². The van der Waals surface area contributed by atoms with Gasteiger partial charge >= 0.3 is 12.1 Å². The summed E-state index contributed by atoms with van der Waals surface area (Å²) in [6, 6.07) is 9.53. The van der Waals surface area contributed by atoms with Crippen molar-refractivity contribution >= 4 is 24.5 Å². The number of hydrogen-bond donors (Lipinski definition) is 1. The van der Waals surface area contributed by atoms with E-state index in [4.69, 9.17) is 9.47 Å².